The van der Waals surface area contributed by atoms with Crippen LogP contribution in [0.2, 0.25) is 10.0 Å². The summed E-state index contributed by atoms with van der Waals surface area (Å²) in [4.78, 5) is 4.34. The molecule has 0 aliphatic heterocycles. The van der Waals surface area contributed by atoms with Gasteiger partial charge >= 0.3 is 0 Å². The molecule has 0 spiro atoms. The van der Waals surface area contributed by atoms with E-state index in [4.69, 9.17) is 27.6 Å². The normalized spacial score (nSPS) is 12.3. The summed E-state index contributed by atoms with van der Waals surface area (Å²) in [6.45, 7) is 2.77. The molecule has 2 N–H and O–H groups in total. The van der Waals surface area contributed by atoms with Crippen molar-refractivity contribution < 1.29 is 9.73 Å². The largest absolute Gasteiger partial charge is 0.435 e. The highest BCUT2D eigenvalue weighted by Gasteiger charge is 2.14. The topological polar surface area (TPSA) is 42.6 Å². The van der Waals surface area contributed by atoms with Gasteiger partial charge in [0.2, 0.25) is 0 Å². The molecule has 2 aromatic carbocycles. The van der Waals surface area contributed by atoms with Crippen molar-refractivity contribution in [3.63, 3.8) is 0 Å². The third kappa shape index (κ3) is 3.94. The lowest BCUT2D eigenvalue weighted by molar-refractivity contribution is -0.709. The lowest BCUT2D eigenvalue weighted by Crippen LogP contribution is -2.83. The van der Waals surface area contributed by atoms with Crippen LogP contribution in [0.4, 0.5) is 0 Å². The maximum atomic E-state index is 6.23. The van der Waals surface area contributed by atoms with Gasteiger partial charge in [-0.15, -0.1) is 0 Å². The van der Waals surface area contributed by atoms with E-state index in [1.807, 2.05) is 48.5 Å². The molecule has 0 amide bonds. The van der Waals surface area contributed by atoms with E-state index in [1.165, 1.54) is 0 Å². The molecule has 3 rings (SSSR count). The Kier molecular flexibility index (Phi) is 5.01. The summed E-state index contributed by atoms with van der Waals surface area (Å²) < 4.78 is 5.81. The molecule has 0 fully saturated rings. The third-order valence-corrected chi connectivity index (χ3v) is 4.32. The van der Waals surface area contributed by atoms with Crippen LogP contribution in [-0.2, 0) is 6.54 Å². The second kappa shape index (κ2) is 7.18. The molecule has 0 radical (unpaired) electrons. The summed E-state index contributed by atoms with van der Waals surface area (Å²) >= 11 is 12.1. The zero-order valence-corrected chi connectivity index (χ0v) is 14.2. The molecule has 118 valence electrons. The maximum absolute atomic E-state index is 6.23. The van der Waals surface area contributed by atoms with E-state index in [-0.39, 0.29) is 6.04 Å². The van der Waals surface area contributed by atoms with Crippen LogP contribution in [0.25, 0.3) is 11.3 Å². The Hall–Kier alpha value is -1.81. The number of hydrogen-bond donors (Lipinski definition) is 1. The fraction of sp³-hybridized carbons (Fsp3) is 0.167. The zero-order valence-electron chi connectivity index (χ0n) is 12.7. The van der Waals surface area contributed by atoms with Gasteiger partial charge in [0.1, 0.15) is 6.04 Å². The fourth-order valence-electron chi connectivity index (χ4n) is 2.40. The molecule has 0 saturated carbocycles. The zero-order chi connectivity index (χ0) is 16.2. The number of aromatic nitrogens is 1. The minimum atomic E-state index is 0.231. The number of hydrogen-bond acceptors (Lipinski definition) is 2. The molecule has 0 saturated heterocycles. The molecule has 0 aliphatic rings. The van der Waals surface area contributed by atoms with Crippen LogP contribution < -0.4 is 5.32 Å². The number of rotatable bonds is 5. The monoisotopic (exact) mass is 347 g/mol. The van der Waals surface area contributed by atoms with Crippen molar-refractivity contribution in [1.82, 2.24) is 4.98 Å². The van der Waals surface area contributed by atoms with Gasteiger partial charge in [0.15, 0.2) is 12.3 Å². The summed E-state index contributed by atoms with van der Waals surface area (Å²) in [7, 11) is 0. The average molecular weight is 348 g/mol. The van der Waals surface area contributed by atoms with Crippen molar-refractivity contribution in [3.05, 3.63) is 76.2 Å². The fourth-order valence-corrected chi connectivity index (χ4v) is 2.83. The molecule has 3 aromatic rings. The second-order valence-corrected chi connectivity index (χ2v) is 6.22. The first-order valence-electron chi connectivity index (χ1n) is 7.42. The van der Waals surface area contributed by atoms with Gasteiger partial charge in [0.25, 0.3) is 5.89 Å². The number of oxazole rings is 1. The summed E-state index contributed by atoms with van der Waals surface area (Å²) in [5.41, 5.74) is 2.07. The predicted octanol–water partition coefficient (Wildman–Crippen LogP) is 4.47. The van der Waals surface area contributed by atoms with Crippen LogP contribution in [0.5, 0.6) is 0 Å². The average Bonchev–Trinajstić information content (AvgIpc) is 3.03. The van der Waals surface area contributed by atoms with Crippen molar-refractivity contribution in [2.24, 2.45) is 0 Å². The van der Waals surface area contributed by atoms with Gasteiger partial charge in [-0.25, -0.2) is 4.98 Å². The molecule has 1 atom stereocenters. The van der Waals surface area contributed by atoms with Gasteiger partial charge in [-0.3, -0.25) is 0 Å². The number of nitrogens with zero attached hydrogens (tertiary/aromatic N) is 1. The van der Waals surface area contributed by atoms with Crippen molar-refractivity contribution >= 4 is 23.2 Å². The number of halogens is 2. The summed E-state index contributed by atoms with van der Waals surface area (Å²) in [5.74, 6) is 1.43. The van der Waals surface area contributed by atoms with E-state index in [9.17, 15) is 0 Å². The summed E-state index contributed by atoms with van der Waals surface area (Å²) in [5, 5.41) is 3.64. The highest BCUT2D eigenvalue weighted by molar-refractivity contribution is 6.31. The first kappa shape index (κ1) is 16.1. The quantitative estimate of drug-likeness (QED) is 0.739. The third-order valence-electron chi connectivity index (χ3n) is 3.72. The van der Waals surface area contributed by atoms with Crippen molar-refractivity contribution in [2.75, 3.05) is 0 Å². The van der Waals surface area contributed by atoms with Crippen LogP contribution in [0.1, 0.15) is 24.4 Å². The SMILES string of the molecule is C[C@@H]([NH2+]Cc1ncc(-c2ccc(Cl)cc2)o1)c1ccccc1Cl. The molecule has 3 nitrogen and oxygen atoms in total. The minimum Gasteiger partial charge on any atom is -0.435 e. The molecule has 0 bridgehead atoms. The van der Waals surface area contributed by atoms with Crippen molar-refractivity contribution in [2.45, 2.75) is 19.5 Å². The lowest BCUT2D eigenvalue weighted by atomic mass is 10.1. The Labute approximate surface area is 145 Å². The predicted molar refractivity (Wildman–Crippen MR) is 92.4 cm³/mol. The molecule has 23 heavy (non-hydrogen) atoms. The molecule has 0 aliphatic carbocycles. The molecule has 0 unspecified atom stereocenters. The van der Waals surface area contributed by atoms with Crippen LogP contribution in [0.3, 0.4) is 0 Å². The number of benzene rings is 2. The molecule has 5 heteroatoms. The van der Waals surface area contributed by atoms with Gasteiger partial charge in [-0.05, 0) is 37.3 Å². The molecule has 1 heterocycles. The van der Waals surface area contributed by atoms with Crippen molar-refractivity contribution in [3.8, 4) is 11.3 Å². The van der Waals surface area contributed by atoms with Gasteiger partial charge in [-0.2, -0.15) is 0 Å². The summed E-state index contributed by atoms with van der Waals surface area (Å²) in [6.07, 6.45) is 1.74. The highest BCUT2D eigenvalue weighted by Crippen LogP contribution is 2.22. The van der Waals surface area contributed by atoms with E-state index in [0.717, 1.165) is 21.9 Å². The lowest BCUT2D eigenvalue weighted by Gasteiger charge is -2.11. The van der Waals surface area contributed by atoms with Crippen LogP contribution in [-0.4, -0.2) is 4.98 Å². The smallest absolute Gasteiger partial charge is 0.250 e. The van der Waals surface area contributed by atoms with Gasteiger partial charge in [0.05, 0.1) is 6.20 Å². The molecule has 1 aromatic heterocycles. The van der Waals surface area contributed by atoms with Crippen LogP contribution in [0.15, 0.2) is 59.1 Å². The minimum absolute atomic E-state index is 0.231. The standard InChI is InChI=1S/C18H16Cl2N2O/c1-12(15-4-2-3-5-16(15)20)21-11-18-22-10-17(23-18)13-6-8-14(19)9-7-13/h2-10,12,21H,11H2,1H3/p+1/t12-/m1/s1. The number of quaternary nitrogens is 1. The van der Waals surface area contributed by atoms with E-state index in [1.54, 1.807) is 6.20 Å². The first-order valence-corrected chi connectivity index (χ1v) is 8.17. The molecular weight excluding hydrogens is 331 g/mol. The Bertz CT molecular complexity index is 784. The van der Waals surface area contributed by atoms with Crippen LogP contribution in [0, 0.1) is 0 Å². The van der Waals surface area contributed by atoms with E-state index < -0.39 is 0 Å². The van der Waals surface area contributed by atoms with Gasteiger partial charge < -0.3 is 9.73 Å². The molecular formula is C18H17Cl2N2O+. The van der Waals surface area contributed by atoms with Crippen molar-refractivity contribution in [1.29, 1.82) is 0 Å². The maximum Gasteiger partial charge on any atom is 0.250 e. The van der Waals surface area contributed by atoms with Gasteiger partial charge in [0, 0.05) is 21.2 Å². The summed E-state index contributed by atoms with van der Waals surface area (Å²) in [6, 6.07) is 15.6. The Morgan fingerprint density at radius 2 is 1.83 bits per heavy atom. The highest BCUT2D eigenvalue weighted by atomic mass is 35.5. The van der Waals surface area contributed by atoms with E-state index >= 15 is 0 Å². The van der Waals surface area contributed by atoms with E-state index in [0.29, 0.717) is 17.5 Å². The Balaban J connectivity index is 1.65. The first-order chi connectivity index (χ1) is 11.1. The Morgan fingerprint density at radius 1 is 1.09 bits per heavy atom. The van der Waals surface area contributed by atoms with Gasteiger partial charge in [-0.1, -0.05) is 41.4 Å². The number of nitrogens with two attached hydrogens (primary N) is 1. The van der Waals surface area contributed by atoms with Crippen LogP contribution >= 0.6 is 23.2 Å². The van der Waals surface area contributed by atoms with E-state index in [2.05, 4.69) is 17.2 Å². The Morgan fingerprint density at radius 3 is 2.57 bits per heavy atom. The second-order valence-electron chi connectivity index (χ2n) is 5.38.